The van der Waals surface area contributed by atoms with Crippen molar-refractivity contribution in [3.63, 3.8) is 0 Å². The molecule has 0 saturated heterocycles. The van der Waals surface area contributed by atoms with Gasteiger partial charge in [0.25, 0.3) is 5.91 Å². The predicted octanol–water partition coefficient (Wildman–Crippen LogP) is 3.98. The molecule has 0 bridgehead atoms. The van der Waals surface area contributed by atoms with E-state index in [0.29, 0.717) is 24.3 Å². The van der Waals surface area contributed by atoms with Crippen LogP contribution in [0.1, 0.15) is 18.1 Å². The Morgan fingerprint density at radius 3 is 2.22 bits per heavy atom. The van der Waals surface area contributed by atoms with E-state index >= 15 is 0 Å². The van der Waals surface area contributed by atoms with E-state index in [2.05, 4.69) is 5.32 Å². The predicted molar refractivity (Wildman–Crippen MR) is 122 cm³/mol. The Morgan fingerprint density at radius 1 is 0.938 bits per heavy atom. The van der Waals surface area contributed by atoms with Crippen LogP contribution < -0.4 is 10.1 Å². The molecule has 5 nitrogen and oxygen atoms in total. The molecule has 0 heterocycles. The van der Waals surface area contributed by atoms with Gasteiger partial charge < -0.3 is 15.0 Å². The highest BCUT2D eigenvalue weighted by atomic mass is 19.1. The zero-order valence-electron chi connectivity index (χ0n) is 18.0. The molecule has 0 aliphatic heterocycles. The summed E-state index contributed by atoms with van der Waals surface area (Å²) >= 11 is 0. The summed E-state index contributed by atoms with van der Waals surface area (Å²) in [5.74, 6) is -0.571. The molecule has 3 rings (SSSR count). The number of carbonyl (C=O) groups excluding carboxylic acids is 2. The highest BCUT2D eigenvalue weighted by Gasteiger charge is 2.31. The van der Waals surface area contributed by atoms with Crippen molar-refractivity contribution in [2.75, 3.05) is 13.2 Å². The minimum absolute atomic E-state index is 0.0434. The van der Waals surface area contributed by atoms with Gasteiger partial charge in [-0.2, -0.15) is 0 Å². The first-order valence-electron chi connectivity index (χ1n) is 10.6. The fraction of sp³-hybridized carbons (Fsp3) is 0.231. The number of hydrogen-bond donors (Lipinski definition) is 1. The van der Waals surface area contributed by atoms with Crippen LogP contribution in [0.5, 0.6) is 5.75 Å². The van der Waals surface area contributed by atoms with Crippen LogP contribution in [-0.2, 0) is 22.6 Å². The molecule has 0 aromatic heterocycles. The molecule has 0 aliphatic rings. The van der Waals surface area contributed by atoms with Crippen molar-refractivity contribution in [3.05, 3.63) is 102 Å². The second-order valence-electron chi connectivity index (χ2n) is 7.31. The average Bonchev–Trinajstić information content (AvgIpc) is 2.82. The molecule has 32 heavy (non-hydrogen) atoms. The van der Waals surface area contributed by atoms with E-state index < -0.39 is 17.8 Å². The van der Waals surface area contributed by atoms with Crippen LogP contribution in [0.3, 0.4) is 0 Å². The third-order valence-electron chi connectivity index (χ3n) is 5.03. The molecule has 0 radical (unpaired) electrons. The maximum atomic E-state index is 14.4. The molecule has 1 atom stereocenters. The van der Waals surface area contributed by atoms with Gasteiger partial charge in [-0.05, 0) is 30.7 Å². The van der Waals surface area contributed by atoms with Gasteiger partial charge >= 0.3 is 0 Å². The Morgan fingerprint density at radius 2 is 1.56 bits per heavy atom. The lowest BCUT2D eigenvalue weighted by molar-refractivity contribution is -0.142. The molecule has 2 amide bonds. The lowest BCUT2D eigenvalue weighted by Crippen LogP contribution is -2.51. The van der Waals surface area contributed by atoms with Crippen LogP contribution in [0.15, 0.2) is 84.9 Å². The Hall–Kier alpha value is -3.67. The lowest BCUT2D eigenvalue weighted by Gasteiger charge is -2.31. The Balaban J connectivity index is 1.89. The fourth-order valence-corrected chi connectivity index (χ4v) is 3.40. The van der Waals surface area contributed by atoms with Gasteiger partial charge in [0.05, 0.1) is 0 Å². The number of amides is 2. The SMILES string of the molecule is CCNC(=O)C(Cc1ccccc1)N(Cc1ccccc1F)C(=O)COc1ccccc1. The van der Waals surface area contributed by atoms with Gasteiger partial charge in [0.15, 0.2) is 6.61 Å². The third-order valence-corrected chi connectivity index (χ3v) is 5.03. The second kappa shape index (κ2) is 11.6. The molecule has 0 saturated carbocycles. The number of para-hydroxylation sites is 1. The highest BCUT2D eigenvalue weighted by Crippen LogP contribution is 2.17. The minimum atomic E-state index is -0.816. The first-order chi connectivity index (χ1) is 15.6. The fourth-order valence-electron chi connectivity index (χ4n) is 3.40. The topological polar surface area (TPSA) is 58.6 Å². The van der Waals surface area contributed by atoms with Crippen molar-refractivity contribution >= 4 is 11.8 Å². The van der Waals surface area contributed by atoms with E-state index in [4.69, 9.17) is 4.74 Å². The summed E-state index contributed by atoms with van der Waals surface area (Å²) in [6, 6.07) is 23.9. The van der Waals surface area contributed by atoms with E-state index in [1.54, 1.807) is 30.3 Å². The second-order valence-corrected chi connectivity index (χ2v) is 7.31. The maximum Gasteiger partial charge on any atom is 0.261 e. The van der Waals surface area contributed by atoms with Gasteiger partial charge in [-0.1, -0.05) is 66.7 Å². The smallest absolute Gasteiger partial charge is 0.261 e. The summed E-state index contributed by atoms with van der Waals surface area (Å²) in [6.07, 6.45) is 0.304. The standard InChI is InChI=1S/C26H27FN2O3/c1-2-28-26(31)24(17-20-11-5-3-6-12-20)29(18-21-13-9-10-16-23(21)27)25(30)19-32-22-14-7-4-8-15-22/h3-16,24H,2,17-19H2,1H3,(H,28,31). The summed E-state index contributed by atoms with van der Waals surface area (Å²) < 4.78 is 20.1. The Bertz CT molecular complexity index is 1010. The normalized spacial score (nSPS) is 11.4. The number of hydrogen-bond acceptors (Lipinski definition) is 3. The highest BCUT2D eigenvalue weighted by molar-refractivity contribution is 5.88. The minimum Gasteiger partial charge on any atom is -0.484 e. The van der Waals surface area contributed by atoms with Gasteiger partial charge in [-0.3, -0.25) is 9.59 Å². The molecular weight excluding hydrogens is 407 g/mol. The van der Waals surface area contributed by atoms with E-state index in [-0.39, 0.29) is 19.1 Å². The number of likely N-dealkylation sites (N-methyl/N-ethyl adjacent to an activating group) is 1. The average molecular weight is 435 g/mol. The molecule has 0 spiro atoms. The number of benzene rings is 3. The van der Waals surface area contributed by atoms with Crippen LogP contribution in [0.2, 0.25) is 0 Å². The number of nitrogens with one attached hydrogen (secondary N) is 1. The van der Waals surface area contributed by atoms with E-state index in [9.17, 15) is 14.0 Å². The van der Waals surface area contributed by atoms with Gasteiger partial charge in [-0.25, -0.2) is 4.39 Å². The van der Waals surface area contributed by atoms with Crippen molar-refractivity contribution in [2.45, 2.75) is 25.9 Å². The molecule has 1 N–H and O–H groups in total. The van der Waals surface area contributed by atoms with Crippen LogP contribution in [0, 0.1) is 5.82 Å². The summed E-state index contributed by atoms with van der Waals surface area (Å²) in [4.78, 5) is 27.7. The molecule has 3 aromatic rings. The van der Waals surface area contributed by atoms with Crippen molar-refractivity contribution in [3.8, 4) is 5.75 Å². The van der Waals surface area contributed by atoms with Crippen molar-refractivity contribution in [1.29, 1.82) is 0 Å². The summed E-state index contributed by atoms with van der Waals surface area (Å²) in [7, 11) is 0. The number of rotatable bonds is 10. The maximum absolute atomic E-state index is 14.4. The number of carbonyl (C=O) groups is 2. The molecule has 0 aliphatic carbocycles. The molecular formula is C26H27FN2O3. The summed E-state index contributed by atoms with van der Waals surface area (Å²) in [5.41, 5.74) is 1.24. The van der Waals surface area contributed by atoms with Crippen molar-refractivity contribution in [2.24, 2.45) is 0 Å². The summed E-state index contributed by atoms with van der Waals surface area (Å²) in [5, 5.41) is 2.81. The van der Waals surface area contributed by atoms with Gasteiger partial charge in [-0.15, -0.1) is 0 Å². The van der Waals surface area contributed by atoms with Crippen molar-refractivity contribution < 1.29 is 18.7 Å². The van der Waals surface area contributed by atoms with Crippen molar-refractivity contribution in [1.82, 2.24) is 10.2 Å². The van der Waals surface area contributed by atoms with Gasteiger partial charge in [0.1, 0.15) is 17.6 Å². The van der Waals surface area contributed by atoms with E-state index in [1.165, 1.54) is 11.0 Å². The number of nitrogens with zero attached hydrogens (tertiary/aromatic N) is 1. The monoisotopic (exact) mass is 434 g/mol. The van der Waals surface area contributed by atoms with Gasteiger partial charge in [0.2, 0.25) is 5.91 Å². The first-order valence-corrected chi connectivity index (χ1v) is 10.6. The molecule has 0 fully saturated rings. The van der Waals surface area contributed by atoms with Crippen LogP contribution in [0.4, 0.5) is 4.39 Å². The third kappa shape index (κ3) is 6.41. The summed E-state index contributed by atoms with van der Waals surface area (Å²) in [6.45, 7) is 1.94. The van der Waals surface area contributed by atoms with Crippen LogP contribution in [0.25, 0.3) is 0 Å². The zero-order chi connectivity index (χ0) is 22.8. The molecule has 3 aromatic carbocycles. The Kier molecular flexibility index (Phi) is 8.37. The molecule has 166 valence electrons. The van der Waals surface area contributed by atoms with E-state index in [1.807, 2.05) is 55.5 Å². The first kappa shape index (κ1) is 23.0. The lowest BCUT2D eigenvalue weighted by atomic mass is 10.0. The zero-order valence-corrected chi connectivity index (χ0v) is 18.0. The molecule has 6 heteroatoms. The number of halogens is 1. The quantitative estimate of drug-likeness (QED) is 0.525. The Labute approximate surface area is 187 Å². The van der Waals surface area contributed by atoms with Crippen LogP contribution in [-0.4, -0.2) is 35.9 Å². The molecule has 1 unspecified atom stereocenters. The van der Waals surface area contributed by atoms with Crippen LogP contribution >= 0.6 is 0 Å². The van der Waals surface area contributed by atoms with E-state index in [0.717, 1.165) is 5.56 Å². The van der Waals surface area contributed by atoms with Gasteiger partial charge in [0, 0.05) is 25.1 Å². The number of ether oxygens (including phenoxy) is 1. The largest absolute Gasteiger partial charge is 0.484 e.